The molecule has 0 N–H and O–H groups in total. The summed E-state index contributed by atoms with van der Waals surface area (Å²) in [5, 5.41) is 0. The number of Topliss-reactive ketones (excluding diaryl/α,β-unsaturated/α-hetero) is 2. The molecule has 2 aromatic carbocycles. The zero-order chi connectivity index (χ0) is 18.6. The van der Waals surface area contributed by atoms with Crippen molar-refractivity contribution >= 4 is 22.9 Å². The third kappa shape index (κ3) is 2.10. The maximum atomic E-state index is 13.1. The summed E-state index contributed by atoms with van der Waals surface area (Å²) in [5.74, 6) is 0.756. The number of aryl methyl sites for hydroxylation is 1. The number of hydrogen-bond acceptors (Lipinski definition) is 5. The van der Waals surface area contributed by atoms with Crippen LogP contribution in [0.25, 0.3) is 0 Å². The summed E-state index contributed by atoms with van der Waals surface area (Å²) in [6.45, 7) is 4.72. The van der Waals surface area contributed by atoms with Crippen LogP contribution in [-0.2, 0) is 0 Å². The van der Waals surface area contributed by atoms with Crippen LogP contribution < -0.4 is 14.5 Å². The van der Waals surface area contributed by atoms with Crippen LogP contribution in [0.15, 0.2) is 47.8 Å². The van der Waals surface area contributed by atoms with Crippen LogP contribution in [0.3, 0.4) is 0 Å². The van der Waals surface area contributed by atoms with Gasteiger partial charge in [-0.1, -0.05) is 6.07 Å². The monoisotopic (exact) mass is 348 g/mol. The number of ether oxygens (including phenoxy) is 1. The molecular weight excluding hydrogens is 328 g/mol. The van der Waals surface area contributed by atoms with Crippen molar-refractivity contribution in [2.24, 2.45) is 0 Å². The van der Waals surface area contributed by atoms with E-state index in [9.17, 15) is 9.59 Å². The van der Waals surface area contributed by atoms with Crippen LogP contribution in [0, 0.1) is 6.92 Å². The predicted molar refractivity (Wildman–Crippen MR) is 101 cm³/mol. The Kier molecular flexibility index (Phi) is 3.61. The normalized spacial score (nSPS) is 18.5. The lowest BCUT2D eigenvalue weighted by molar-refractivity contribution is 0.0986. The number of fused-ring (bicyclic) bond motifs is 2. The van der Waals surface area contributed by atoms with Crippen LogP contribution in [0.1, 0.15) is 33.2 Å². The number of benzene rings is 2. The molecule has 1 aliphatic carbocycles. The molecule has 1 heterocycles. The van der Waals surface area contributed by atoms with Gasteiger partial charge >= 0.3 is 0 Å². The first-order valence-electron chi connectivity index (χ1n) is 8.61. The minimum Gasteiger partial charge on any atom is -0.497 e. The SMILES string of the molecule is CCN1/C(=C2/C(=O)c3ccc(OC)cc3C2=O)N(C)c2ccc(C)cc21. The average Bonchev–Trinajstić information content (AvgIpc) is 3.05. The van der Waals surface area contributed by atoms with Gasteiger partial charge in [-0.25, -0.2) is 0 Å². The van der Waals surface area contributed by atoms with Gasteiger partial charge in [0.2, 0.25) is 11.6 Å². The van der Waals surface area contributed by atoms with Crippen molar-refractivity contribution in [1.29, 1.82) is 0 Å². The lowest BCUT2D eigenvalue weighted by atomic mass is 10.1. The Morgan fingerprint density at radius 3 is 2.38 bits per heavy atom. The molecule has 0 bridgehead atoms. The topological polar surface area (TPSA) is 49.9 Å². The highest BCUT2D eigenvalue weighted by atomic mass is 16.5. The van der Waals surface area contributed by atoms with E-state index in [4.69, 9.17) is 4.74 Å². The van der Waals surface area contributed by atoms with E-state index in [1.165, 1.54) is 0 Å². The fourth-order valence-electron chi connectivity index (χ4n) is 3.78. The Bertz CT molecular complexity index is 991. The van der Waals surface area contributed by atoms with E-state index in [0.717, 1.165) is 16.9 Å². The predicted octanol–water partition coefficient (Wildman–Crippen LogP) is 3.57. The second kappa shape index (κ2) is 5.73. The van der Waals surface area contributed by atoms with E-state index in [2.05, 4.69) is 6.07 Å². The van der Waals surface area contributed by atoms with Gasteiger partial charge in [0, 0.05) is 24.7 Å². The smallest absolute Gasteiger partial charge is 0.201 e. The van der Waals surface area contributed by atoms with Gasteiger partial charge in [0.1, 0.15) is 17.1 Å². The number of ketones is 2. The zero-order valence-corrected chi connectivity index (χ0v) is 15.3. The average molecular weight is 348 g/mol. The van der Waals surface area contributed by atoms with Crippen LogP contribution >= 0.6 is 0 Å². The Morgan fingerprint density at radius 2 is 1.69 bits per heavy atom. The highest BCUT2D eigenvalue weighted by molar-refractivity contribution is 6.40. The van der Waals surface area contributed by atoms with Gasteiger partial charge in [0.25, 0.3) is 0 Å². The van der Waals surface area contributed by atoms with Crippen molar-refractivity contribution < 1.29 is 14.3 Å². The summed E-state index contributed by atoms with van der Waals surface area (Å²) in [7, 11) is 3.45. The van der Waals surface area contributed by atoms with Crippen molar-refractivity contribution in [2.75, 3.05) is 30.5 Å². The third-order valence-electron chi connectivity index (χ3n) is 5.07. The number of methoxy groups -OCH3 is 1. The lowest BCUT2D eigenvalue weighted by Gasteiger charge is -2.22. The zero-order valence-electron chi connectivity index (χ0n) is 15.3. The van der Waals surface area contributed by atoms with Crippen LogP contribution in [-0.4, -0.2) is 32.3 Å². The number of anilines is 2. The molecule has 0 fully saturated rings. The van der Waals surface area contributed by atoms with Crippen molar-refractivity contribution in [3.05, 3.63) is 64.5 Å². The molecule has 0 spiro atoms. The third-order valence-corrected chi connectivity index (χ3v) is 5.07. The maximum absolute atomic E-state index is 13.1. The van der Waals surface area contributed by atoms with Gasteiger partial charge in [0.05, 0.1) is 18.5 Å². The van der Waals surface area contributed by atoms with Crippen molar-refractivity contribution in [3.8, 4) is 5.75 Å². The van der Waals surface area contributed by atoms with Gasteiger partial charge in [-0.3, -0.25) is 9.59 Å². The molecule has 0 radical (unpaired) electrons. The highest BCUT2D eigenvalue weighted by Gasteiger charge is 2.41. The van der Waals surface area contributed by atoms with E-state index < -0.39 is 0 Å². The van der Waals surface area contributed by atoms with Crippen molar-refractivity contribution in [1.82, 2.24) is 0 Å². The molecule has 5 nitrogen and oxygen atoms in total. The van der Waals surface area contributed by atoms with Gasteiger partial charge in [-0.2, -0.15) is 0 Å². The molecule has 0 saturated carbocycles. The fourth-order valence-corrected chi connectivity index (χ4v) is 3.78. The highest BCUT2D eigenvalue weighted by Crippen LogP contribution is 2.44. The van der Waals surface area contributed by atoms with E-state index >= 15 is 0 Å². The molecule has 4 rings (SSSR count). The number of hydrogen-bond donors (Lipinski definition) is 0. The first-order chi connectivity index (χ1) is 12.5. The first-order valence-corrected chi connectivity index (χ1v) is 8.61. The van der Waals surface area contributed by atoms with Gasteiger partial charge < -0.3 is 14.5 Å². The summed E-state index contributed by atoms with van der Waals surface area (Å²) in [4.78, 5) is 30.1. The molecule has 2 aromatic rings. The summed E-state index contributed by atoms with van der Waals surface area (Å²) in [6.07, 6.45) is 0. The molecule has 0 aromatic heterocycles. The van der Waals surface area contributed by atoms with E-state index in [1.807, 2.05) is 42.8 Å². The van der Waals surface area contributed by atoms with Crippen molar-refractivity contribution in [2.45, 2.75) is 13.8 Å². The minimum atomic E-state index is -0.242. The van der Waals surface area contributed by atoms with Gasteiger partial charge in [-0.05, 0) is 49.7 Å². The standard InChI is InChI=1S/C21H20N2O3/c1-5-23-17-10-12(2)6-9-16(17)22(3)21(23)18-19(24)14-8-7-13(26-4)11-15(14)20(18)25/h6-11H,5H2,1-4H3/b21-18-. The molecule has 132 valence electrons. The largest absolute Gasteiger partial charge is 0.497 e. The lowest BCUT2D eigenvalue weighted by Crippen LogP contribution is -2.29. The number of allylic oxidation sites excluding steroid dienone is 1. The number of rotatable bonds is 2. The summed E-state index contributed by atoms with van der Waals surface area (Å²) in [6, 6.07) is 11.2. The number of carbonyl (C=O) groups excluding carboxylic acids is 2. The van der Waals surface area contributed by atoms with Crippen LogP contribution in [0.5, 0.6) is 5.75 Å². The minimum absolute atomic E-state index is 0.225. The fraction of sp³-hybridized carbons (Fsp3) is 0.238. The number of carbonyl (C=O) groups is 2. The molecule has 1 aliphatic heterocycles. The summed E-state index contributed by atoms with van der Waals surface area (Å²) in [5.41, 5.74) is 4.23. The molecule has 0 amide bonds. The second-order valence-electron chi connectivity index (χ2n) is 6.56. The van der Waals surface area contributed by atoms with E-state index in [-0.39, 0.29) is 17.1 Å². The van der Waals surface area contributed by atoms with E-state index in [0.29, 0.717) is 29.2 Å². The molecule has 5 heteroatoms. The first kappa shape index (κ1) is 16.4. The Balaban J connectivity index is 1.92. The van der Waals surface area contributed by atoms with Gasteiger partial charge in [-0.15, -0.1) is 0 Å². The van der Waals surface area contributed by atoms with Crippen LogP contribution in [0.4, 0.5) is 11.4 Å². The Morgan fingerprint density at radius 1 is 0.962 bits per heavy atom. The molecule has 0 saturated heterocycles. The maximum Gasteiger partial charge on any atom is 0.201 e. The molecule has 26 heavy (non-hydrogen) atoms. The van der Waals surface area contributed by atoms with E-state index in [1.54, 1.807) is 25.3 Å². The molecular formula is C21H20N2O3. The Hall–Kier alpha value is -3.08. The number of nitrogens with zero attached hydrogens (tertiary/aromatic N) is 2. The summed E-state index contributed by atoms with van der Waals surface area (Å²) < 4.78 is 5.21. The Labute approximate surface area is 152 Å². The summed E-state index contributed by atoms with van der Waals surface area (Å²) >= 11 is 0. The van der Waals surface area contributed by atoms with Crippen LogP contribution in [0.2, 0.25) is 0 Å². The van der Waals surface area contributed by atoms with Gasteiger partial charge in [0.15, 0.2) is 0 Å². The quantitative estimate of drug-likeness (QED) is 0.613. The second-order valence-corrected chi connectivity index (χ2v) is 6.56. The van der Waals surface area contributed by atoms with Crippen molar-refractivity contribution in [3.63, 3.8) is 0 Å². The molecule has 0 unspecified atom stereocenters. The molecule has 2 aliphatic rings. The molecule has 0 atom stereocenters.